The summed E-state index contributed by atoms with van der Waals surface area (Å²) in [4.78, 5) is 22.2. The van der Waals surface area contributed by atoms with Crippen molar-refractivity contribution in [2.24, 2.45) is 0 Å². The Hall–Kier alpha value is -1.62. The van der Waals surface area contributed by atoms with E-state index in [0.717, 1.165) is 12.8 Å². The second-order valence-electron chi connectivity index (χ2n) is 6.36. The van der Waals surface area contributed by atoms with Crippen LogP contribution in [0.5, 0.6) is 0 Å². The van der Waals surface area contributed by atoms with Crippen molar-refractivity contribution in [3.63, 3.8) is 0 Å². The molecule has 1 rings (SSSR count). The van der Waals surface area contributed by atoms with E-state index in [-0.39, 0.29) is 22.2 Å². The van der Waals surface area contributed by atoms with Gasteiger partial charge in [-0.1, -0.05) is 76.3 Å². The van der Waals surface area contributed by atoms with Crippen molar-refractivity contribution in [3.05, 3.63) is 38.9 Å². The van der Waals surface area contributed by atoms with Crippen LogP contribution in [0.15, 0.2) is 18.2 Å². The highest BCUT2D eigenvalue weighted by Crippen LogP contribution is 2.22. The minimum absolute atomic E-state index is 0.106. The van der Waals surface area contributed by atoms with Crippen molar-refractivity contribution in [1.29, 1.82) is 0 Å². The first-order valence-electron chi connectivity index (χ1n) is 9.28. The van der Waals surface area contributed by atoms with E-state index in [0.29, 0.717) is 6.54 Å². The van der Waals surface area contributed by atoms with Crippen LogP contribution in [0.2, 0.25) is 5.02 Å². The number of nitrogens with one attached hydrogen (secondary N) is 1. The van der Waals surface area contributed by atoms with Crippen LogP contribution >= 0.6 is 11.6 Å². The first-order chi connectivity index (χ1) is 12.1. The highest BCUT2D eigenvalue weighted by Gasteiger charge is 2.14. The molecule has 0 bridgehead atoms. The molecule has 0 saturated heterocycles. The molecule has 0 aliphatic carbocycles. The summed E-state index contributed by atoms with van der Waals surface area (Å²) < 4.78 is 0. The van der Waals surface area contributed by atoms with Crippen molar-refractivity contribution in [3.8, 4) is 0 Å². The number of carbonyl (C=O) groups excluding carboxylic acids is 1. The molecule has 0 spiro atoms. The molecule has 25 heavy (non-hydrogen) atoms. The Bertz CT molecular complexity index is 549. The molecule has 0 aromatic heterocycles. The molecule has 0 radical (unpaired) electrons. The van der Waals surface area contributed by atoms with Crippen molar-refractivity contribution in [2.45, 2.75) is 71.1 Å². The number of halogens is 1. The maximum atomic E-state index is 12.0. The smallest absolute Gasteiger partial charge is 0.270 e. The fourth-order valence-electron chi connectivity index (χ4n) is 2.71. The average molecular weight is 369 g/mol. The molecule has 0 aliphatic heterocycles. The largest absolute Gasteiger partial charge is 0.352 e. The van der Waals surface area contributed by atoms with E-state index in [9.17, 15) is 14.9 Å². The Balaban J connectivity index is 2.12. The molecule has 6 heteroatoms. The first-order valence-corrected chi connectivity index (χ1v) is 9.66. The lowest BCUT2D eigenvalue weighted by molar-refractivity contribution is -0.384. The molecule has 0 saturated carbocycles. The summed E-state index contributed by atoms with van der Waals surface area (Å²) in [6.07, 6.45) is 12.5. The lowest BCUT2D eigenvalue weighted by Crippen LogP contribution is -2.24. The second-order valence-corrected chi connectivity index (χ2v) is 6.77. The lowest BCUT2D eigenvalue weighted by atomic mass is 10.1. The Morgan fingerprint density at radius 1 is 1.04 bits per heavy atom. The van der Waals surface area contributed by atoms with Crippen LogP contribution in [0, 0.1) is 10.1 Å². The summed E-state index contributed by atoms with van der Waals surface area (Å²) in [5.74, 6) is -0.282. The number of amides is 1. The van der Waals surface area contributed by atoms with E-state index in [4.69, 9.17) is 11.6 Å². The molecule has 1 N–H and O–H groups in total. The van der Waals surface area contributed by atoms with E-state index in [1.54, 1.807) is 0 Å². The topological polar surface area (TPSA) is 72.2 Å². The molecule has 1 amide bonds. The van der Waals surface area contributed by atoms with E-state index in [1.807, 2.05) is 0 Å². The standard InChI is InChI=1S/C19H29ClN2O3/c1-2-3-4-5-6-7-8-9-10-11-14-21-19(23)17-13-12-16(22(24)25)15-18(17)20/h12-13,15H,2-11,14H2,1H3,(H,21,23). The number of nitrogens with zero attached hydrogens (tertiary/aromatic N) is 1. The summed E-state index contributed by atoms with van der Waals surface area (Å²) in [6, 6.07) is 3.90. The summed E-state index contributed by atoms with van der Waals surface area (Å²) >= 11 is 5.95. The molecule has 0 aliphatic rings. The summed E-state index contributed by atoms with van der Waals surface area (Å²) in [5, 5.41) is 13.6. The number of non-ortho nitro benzene ring substituents is 1. The first kappa shape index (κ1) is 21.4. The van der Waals surface area contributed by atoms with Gasteiger partial charge < -0.3 is 5.32 Å². The summed E-state index contributed by atoms with van der Waals surface area (Å²) in [7, 11) is 0. The number of benzene rings is 1. The van der Waals surface area contributed by atoms with Crippen LogP contribution in [-0.4, -0.2) is 17.4 Å². The number of hydrogen-bond acceptors (Lipinski definition) is 3. The van der Waals surface area contributed by atoms with Crippen LogP contribution in [0.1, 0.15) is 81.5 Å². The molecular weight excluding hydrogens is 340 g/mol. The van der Waals surface area contributed by atoms with E-state index in [1.165, 1.54) is 69.6 Å². The average Bonchev–Trinajstić information content (AvgIpc) is 2.59. The van der Waals surface area contributed by atoms with E-state index < -0.39 is 4.92 Å². The van der Waals surface area contributed by atoms with Crippen molar-refractivity contribution >= 4 is 23.2 Å². The molecule has 0 heterocycles. The van der Waals surface area contributed by atoms with Gasteiger partial charge in [0, 0.05) is 18.7 Å². The van der Waals surface area contributed by atoms with Crippen LogP contribution in [-0.2, 0) is 0 Å². The van der Waals surface area contributed by atoms with Gasteiger partial charge in [-0.2, -0.15) is 0 Å². The van der Waals surface area contributed by atoms with Crippen LogP contribution in [0.3, 0.4) is 0 Å². The molecule has 140 valence electrons. The zero-order valence-electron chi connectivity index (χ0n) is 15.1. The monoisotopic (exact) mass is 368 g/mol. The number of nitro groups is 1. The predicted octanol–water partition coefficient (Wildman–Crippen LogP) is 5.90. The summed E-state index contributed by atoms with van der Waals surface area (Å²) in [6.45, 7) is 2.83. The van der Waals surface area contributed by atoms with Gasteiger partial charge in [0.15, 0.2) is 0 Å². The Morgan fingerprint density at radius 3 is 2.12 bits per heavy atom. The highest BCUT2D eigenvalue weighted by molar-refractivity contribution is 6.34. The van der Waals surface area contributed by atoms with Gasteiger partial charge in [0.05, 0.1) is 15.5 Å². The molecule has 1 aromatic rings. The Kier molecular flexibility index (Phi) is 10.9. The van der Waals surface area contributed by atoms with Gasteiger partial charge >= 0.3 is 0 Å². The number of carbonyl (C=O) groups is 1. The molecular formula is C19H29ClN2O3. The second kappa shape index (κ2) is 12.7. The quantitative estimate of drug-likeness (QED) is 0.267. The third kappa shape index (κ3) is 8.87. The minimum Gasteiger partial charge on any atom is -0.352 e. The molecule has 1 aromatic carbocycles. The SMILES string of the molecule is CCCCCCCCCCCCNC(=O)c1ccc([N+](=O)[O-])cc1Cl. The van der Waals surface area contributed by atoms with Gasteiger partial charge in [-0.25, -0.2) is 0 Å². The molecule has 0 fully saturated rings. The van der Waals surface area contributed by atoms with Crippen molar-refractivity contribution in [1.82, 2.24) is 5.32 Å². The van der Waals surface area contributed by atoms with Crippen LogP contribution in [0.4, 0.5) is 5.69 Å². The normalized spacial score (nSPS) is 10.6. The predicted molar refractivity (Wildman–Crippen MR) is 102 cm³/mol. The van der Waals surface area contributed by atoms with Gasteiger partial charge in [-0.15, -0.1) is 0 Å². The number of unbranched alkanes of at least 4 members (excludes halogenated alkanes) is 9. The van der Waals surface area contributed by atoms with Gasteiger partial charge in [-0.05, 0) is 12.5 Å². The van der Waals surface area contributed by atoms with E-state index in [2.05, 4.69) is 12.2 Å². The zero-order chi connectivity index (χ0) is 18.5. The maximum Gasteiger partial charge on any atom is 0.270 e. The highest BCUT2D eigenvalue weighted by atomic mass is 35.5. The third-order valence-corrected chi connectivity index (χ3v) is 4.54. The van der Waals surface area contributed by atoms with Gasteiger partial charge in [0.1, 0.15) is 0 Å². The van der Waals surface area contributed by atoms with E-state index >= 15 is 0 Å². The summed E-state index contributed by atoms with van der Waals surface area (Å²) in [5.41, 5.74) is 0.163. The number of rotatable bonds is 13. The van der Waals surface area contributed by atoms with Gasteiger partial charge in [-0.3, -0.25) is 14.9 Å². The van der Waals surface area contributed by atoms with Crippen LogP contribution in [0.25, 0.3) is 0 Å². The number of nitro benzene ring substituents is 1. The Labute approximate surface area is 155 Å². The van der Waals surface area contributed by atoms with Gasteiger partial charge in [0.2, 0.25) is 0 Å². The molecule has 0 atom stereocenters. The zero-order valence-corrected chi connectivity index (χ0v) is 15.8. The molecule has 0 unspecified atom stereocenters. The minimum atomic E-state index is -0.530. The molecule has 5 nitrogen and oxygen atoms in total. The van der Waals surface area contributed by atoms with Crippen LogP contribution < -0.4 is 5.32 Å². The van der Waals surface area contributed by atoms with Gasteiger partial charge in [0.25, 0.3) is 11.6 Å². The lowest BCUT2D eigenvalue weighted by Gasteiger charge is -2.07. The Morgan fingerprint density at radius 2 is 1.60 bits per heavy atom. The maximum absolute atomic E-state index is 12.0. The third-order valence-electron chi connectivity index (χ3n) is 4.22. The number of hydrogen-bond donors (Lipinski definition) is 1. The fraction of sp³-hybridized carbons (Fsp3) is 0.632. The fourth-order valence-corrected chi connectivity index (χ4v) is 2.97. The van der Waals surface area contributed by atoms with Crippen molar-refractivity contribution in [2.75, 3.05) is 6.54 Å². The van der Waals surface area contributed by atoms with Crippen molar-refractivity contribution < 1.29 is 9.72 Å².